The molecule has 0 radical (unpaired) electrons. The third kappa shape index (κ3) is 3.46. The second-order valence-corrected chi connectivity index (χ2v) is 5.99. The van der Waals surface area contributed by atoms with E-state index >= 15 is 0 Å². The molecule has 1 aromatic heterocycles. The topological polar surface area (TPSA) is 87.2 Å². The van der Waals surface area contributed by atoms with Gasteiger partial charge in [-0.3, -0.25) is 10.1 Å². The van der Waals surface area contributed by atoms with Crippen LogP contribution in [0.25, 0.3) is 0 Å². The van der Waals surface area contributed by atoms with Crippen molar-refractivity contribution in [3.63, 3.8) is 0 Å². The van der Waals surface area contributed by atoms with Gasteiger partial charge in [-0.1, -0.05) is 25.2 Å². The molecule has 0 saturated carbocycles. The zero-order valence-corrected chi connectivity index (χ0v) is 12.6. The highest BCUT2D eigenvalue weighted by Gasteiger charge is 2.37. The molecule has 1 saturated heterocycles. The van der Waals surface area contributed by atoms with Crippen molar-refractivity contribution in [3.8, 4) is 0 Å². The van der Waals surface area contributed by atoms with Crippen LogP contribution in [0, 0.1) is 5.92 Å². The molecule has 2 N–H and O–H groups in total. The summed E-state index contributed by atoms with van der Waals surface area (Å²) in [5.41, 5.74) is 0. The molecule has 0 bridgehead atoms. The van der Waals surface area contributed by atoms with E-state index < -0.39 is 23.3 Å². The fraction of sp³-hybridized carbons (Fsp3) is 0.636. The summed E-state index contributed by atoms with van der Waals surface area (Å²) in [6, 6.07) is -1.35. The highest BCUT2D eigenvalue weighted by atomic mass is 32.1. The zero-order valence-electron chi connectivity index (χ0n) is 11.8. The number of halogens is 3. The predicted molar refractivity (Wildman–Crippen MR) is 72.3 cm³/mol. The Morgan fingerprint density at radius 3 is 2.68 bits per heavy atom. The summed E-state index contributed by atoms with van der Waals surface area (Å²) in [6.45, 7) is 4.12. The van der Waals surface area contributed by atoms with Crippen LogP contribution in [0.2, 0.25) is 0 Å². The number of amides is 3. The molecule has 1 atom stereocenters. The van der Waals surface area contributed by atoms with E-state index in [1.54, 1.807) is 13.8 Å². The molecular weight excluding hydrogens is 323 g/mol. The maximum atomic E-state index is 12.4. The van der Waals surface area contributed by atoms with Crippen molar-refractivity contribution >= 4 is 28.4 Å². The number of carbonyl (C=O) groups excluding carboxylic acids is 2. The first-order chi connectivity index (χ1) is 10.2. The number of aromatic nitrogens is 2. The van der Waals surface area contributed by atoms with Gasteiger partial charge in [-0.05, 0) is 5.92 Å². The van der Waals surface area contributed by atoms with Crippen molar-refractivity contribution in [1.82, 2.24) is 20.4 Å². The number of hydrogen-bond donors (Lipinski definition) is 2. The number of urea groups is 1. The van der Waals surface area contributed by atoms with Crippen molar-refractivity contribution in [2.45, 2.75) is 26.1 Å². The minimum Gasteiger partial charge on any atom is -0.353 e. The van der Waals surface area contributed by atoms with E-state index in [0.717, 1.165) is 0 Å². The minimum atomic E-state index is -4.61. The normalized spacial score (nSPS) is 19.3. The van der Waals surface area contributed by atoms with Crippen molar-refractivity contribution < 1.29 is 22.8 Å². The molecule has 1 aromatic rings. The lowest BCUT2D eigenvalue weighted by atomic mass is 10.0. The third-order valence-corrected chi connectivity index (χ3v) is 3.91. The van der Waals surface area contributed by atoms with Gasteiger partial charge in [-0.15, -0.1) is 10.2 Å². The second kappa shape index (κ2) is 6.07. The average Bonchev–Trinajstić information content (AvgIpc) is 2.86. The smallest absolute Gasteiger partial charge is 0.353 e. The van der Waals surface area contributed by atoms with Crippen molar-refractivity contribution in [1.29, 1.82) is 0 Å². The summed E-state index contributed by atoms with van der Waals surface area (Å²) in [7, 11) is 0. The quantitative estimate of drug-likeness (QED) is 0.857. The maximum Gasteiger partial charge on any atom is 0.445 e. The molecule has 2 heterocycles. The summed E-state index contributed by atoms with van der Waals surface area (Å²) in [5.74, 6) is -0.421. The van der Waals surface area contributed by atoms with E-state index in [0.29, 0.717) is 6.54 Å². The predicted octanol–water partition coefficient (Wildman–Crippen LogP) is 1.55. The Bertz CT molecular complexity index is 574. The summed E-state index contributed by atoms with van der Waals surface area (Å²) < 4.78 is 37.3. The molecule has 7 nitrogen and oxygen atoms in total. The summed E-state index contributed by atoms with van der Waals surface area (Å²) in [6.07, 6.45) is -4.61. The fourth-order valence-electron chi connectivity index (χ4n) is 2.13. The number of anilines is 1. The first-order valence-corrected chi connectivity index (χ1v) is 7.28. The molecule has 0 aliphatic carbocycles. The third-order valence-electron chi connectivity index (χ3n) is 3.03. The van der Waals surface area contributed by atoms with Gasteiger partial charge in [0.1, 0.15) is 6.04 Å². The van der Waals surface area contributed by atoms with Gasteiger partial charge in [0.25, 0.3) is 0 Å². The Kier molecular flexibility index (Phi) is 4.54. The van der Waals surface area contributed by atoms with E-state index in [1.807, 2.05) is 0 Å². The summed E-state index contributed by atoms with van der Waals surface area (Å²) in [5, 5.41) is 9.80. The Balaban J connectivity index is 2.10. The van der Waals surface area contributed by atoms with Crippen LogP contribution < -0.4 is 10.6 Å². The Labute approximate surface area is 127 Å². The van der Waals surface area contributed by atoms with Gasteiger partial charge < -0.3 is 10.2 Å². The SMILES string of the molecule is CC(C)[C@H]1C(=O)NCCN1C(=O)Nc1nnc(C(F)(F)F)s1. The second-order valence-electron chi connectivity index (χ2n) is 5.01. The van der Waals surface area contributed by atoms with E-state index in [-0.39, 0.29) is 34.8 Å². The molecule has 0 unspecified atom stereocenters. The van der Waals surface area contributed by atoms with E-state index in [4.69, 9.17) is 0 Å². The number of piperazine rings is 1. The van der Waals surface area contributed by atoms with Crippen molar-refractivity contribution in [3.05, 3.63) is 5.01 Å². The number of nitrogens with zero attached hydrogens (tertiary/aromatic N) is 3. The molecule has 1 aliphatic rings. The number of alkyl halides is 3. The molecular formula is C11H14F3N5O2S. The van der Waals surface area contributed by atoms with Crippen LogP contribution in [0.1, 0.15) is 18.9 Å². The first kappa shape index (κ1) is 16.5. The summed E-state index contributed by atoms with van der Waals surface area (Å²) >= 11 is 0.236. The number of hydrogen-bond acceptors (Lipinski definition) is 5. The molecule has 0 spiro atoms. The van der Waals surface area contributed by atoms with Gasteiger partial charge in [0.2, 0.25) is 16.0 Å². The number of carbonyl (C=O) groups is 2. The van der Waals surface area contributed by atoms with Crippen LogP contribution in [0.5, 0.6) is 0 Å². The largest absolute Gasteiger partial charge is 0.445 e. The van der Waals surface area contributed by atoms with Gasteiger partial charge >= 0.3 is 12.2 Å². The Hall–Kier alpha value is -1.91. The lowest BCUT2D eigenvalue weighted by Crippen LogP contribution is -2.60. The van der Waals surface area contributed by atoms with E-state index in [9.17, 15) is 22.8 Å². The molecule has 22 heavy (non-hydrogen) atoms. The van der Waals surface area contributed by atoms with Crippen LogP contribution in [-0.4, -0.2) is 46.2 Å². The highest BCUT2D eigenvalue weighted by Crippen LogP contribution is 2.33. The van der Waals surface area contributed by atoms with Gasteiger partial charge in [0.05, 0.1) is 0 Å². The minimum absolute atomic E-state index is 0.133. The lowest BCUT2D eigenvalue weighted by molar-refractivity contribution is -0.138. The van der Waals surface area contributed by atoms with Crippen LogP contribution in [0.3, 0.4) is 0 Å². The number of nitrogens with one attached hydrogen (secondary N) is 2. The van der Waals surface area contributed by atoms with Crippen LogP contribution in [0.15, 0.2) is 0 Å². The molecule has 0 aromatic carbocycles. The Morgan fingerprint density at radius 1 is 1.45 bits per heavy atom. The molecule has 1 aliphatic heterocycles. The van der Waals surface area contributed by atoms with E-state index in [2.05, 4.69) is 20.8 Å². The van der Waals surface area contributed by atoms with Gasteiger partial charge in [-0.2, -0.15) is 13.2 Å². The molecule has 2 rings (SSSR count). The monoisotopic (exact) mass is 337 g/mol. The van der Waals surface area contributed by atoms with Crippen LogP contribution in [-0.2, 0) is 11.0 Å². The fourth-order valence-corrected chi connectivity index (χ4v) is 2.73. The zero-order chi connectivity index (χ0) is 16.5. The van der Waals surface area contributed by atoms with Gasteiger partial charge in [0, 0.05) is 13.1 Å². The van der Waals surface area contributed by atoms with Gasteiger partial charge in [0.15, 0.2) is 0 Å². The van der Waals surface area contributed by atoms with Crippen LogP contribution in [0.4, 0.5) is 23.1 Å². The number of rotatable bonds is 2. The molecule has 11 heteroatoms. The standard InChI is InChI=1S/C11H14F3N5O2S/c1-5(2)6-7(20)15-3-4-19(6)10(21)16-9-18-17-8(22-9)11(12,13)14/h5-6H,3-4H2,1-2H3,(H,15,20)(H,16,18,21)/t6-/m0/s1. The van der Waals surface area contributed by atoms with Crippen molar-refractivity contribution in [2.24, 2.45) is 5.92 Å². The Morgan fingerprint density at radius 2 is 2.14 bits per heavy atom. The highest BCUT2D eigenvalue weighted by molar-refractivity contribution is 7.15. The molecule has 1 fully saturated rings. The van der Waals surface area contributed by atoms with Gasteiger partial charge in [-0.25, -0.2) is 4.79 Å². The first-order valence-electron chi connectivity index (χ1n) is 6.46. The molecule has 3 amide bonds. The summed E-state index contributed by atoms with van der Waals surface area (Å²) in [4.78, 5) is 25.3. The lowest BCUT2D eigenvalue weighted by Gasteiger charge is -2.36. The maximum absolute atomic E-state index is 12.4. The van der Waals surface area contributed by atoms with Crippen LogP contribution >= 0.6 is 11.3 Å². The molecule has 122 valence electrons. The van der Waals surface area contributed by atoms with E-state index in [1.165, 1.54) is 4.90 Å². The van der Waals surface area contributed by atoms with Crippen molar-refractivity contribution in [2.75, 3.05) is 18.4 Å². The average molecular weight is 337 g/mol.